The number of fused-ring (bicyclic) bond motifs is 1. The van der Waals surface area contributed by atoms with Crippen LogP contribution in [0.3, 0.4) is 0 Å². The van der Waals surface area contributed by atoms with Gasteiger partial charge in [-0.15, -0.1) is 0 Å². The Balaban J connectivity index is 1.36. The average molecular weight is 540 g/mol. The number of anilines is 1. The van der Waals surface area contributed by atoms with Crippen LogP contribution in [0, 0.1) is 6.57 Å². The number of piperazine rings is 1. The highest BCUT2D eigenvalue weighted by molar-refractivity contribution is 6.33. The molecule has 6 rings (SSSR count). The Bertz CT molecular complexity index is 1650. The molecule has 5 aromatic rings. The van der Waals surface area contributed by atoms with Crippen molar-refractivity contribution >= 4 is 45.9 Å². The van der Waals surface area contributed by atoms with E-state index in [9.17, 15) is 0 Å². The van der Waals surface area contributed by atoms with E-state index in [2.05, 4.69) is 24.6 Å². The van der Waals surface area contributed by atoms with E-state index in [1.54, 1.807) is 6.33 Å². The molecule has 2 aromatic heterocycles. The first-order valence-electron chi connectivity index (χ1n) is 12.3. The maximum Gasteiger partial charge on any atom is 0.191 e. The van der Waals surface area contributed by atoms with Crippen molar-refractivity contribution in [2.24, 2.45) is 0 Å². The van der Waals surface area contributed by atoms with E-state index < -0.39 is 0 Å². The van der Waals surface area contributed by atoms with E-state index in [-0.39, 0.29) is 0 Å². The molecular weight excluding hydrogens is 517 g/mol. The van der Waals surface area contributed by atoms with Gasteiger partial charge in [-0.05, 0) is 42.0 Å². The van der Waals surface area contributed by atoms with Gasteiger partial charge in [0.2, 0.25) is 0 Å². The summed E-state index contributed by atoms with van der Waals surface area (Å²) < 4.78 is 2.01. The molecule has 3 aromatic carbocycles. The molecule has 3 heterocycles. The predicted octanol–water partition coefficient (Wildman–Crippen LogP) is 6.66. The average Bonchev–Trinajstić information content (AvgIpc) is 3.34. The molecule has 0 bridgehead atoms. The quantitative estimate of drug-likeness (QED) is 0.233. The molecule has 0 saturated carbocycles. The van der Waals surface area contributed by atoms with Crippen LogP contribution in [0.1, 0.15) is 5.56 Å². The number of benzene rings is 3. The Hall–Kier alpha value is -3.96. The minimum atomic E-state index is 0.612. The van der Waals surface area contributed by atoms with Gasteiger partial charge < -0.3 is 4.90 Å². The van der Waals surface area contributed by atoms with E-state index in [1.807, 2.05) is 77.4 Å². The minimum Gasteiger partial charge on any atom is -0.352 e. The summed E-state index contributed by atoms with van der Waals surface area (Å²) in [5, 5.41) is 1.27. The number of imidazole rings is 1. The van der Waals surface area contributed by atoms with E-state index in [4.69, 9.17) is 34.8 Å². The second kappa shape index (κ2) is 10.4. The lowest BCUT2D eigenvalue weighted by Gasteiger charge is -2.35. The standard InChI is InChI=1S/C29H23Cl2N7/c1-32-25-9-5-2-6-20(25)18-36-14-16-37(17-15-36)28-26-29(34-19-33-28)38(22-12-10-21(30)11-13-22)27(35-26)23-7-3-4-8-24(23)31/h2-13,19H,14-18H2. The lowest BCUT2D eigenvalue weighted by atomic mass is 10.1. The van der Waals surface area contributed by atoms with Crippen molar-refractivity contribution < 1.29 is 0 Å². The molecule has 1 fully saturated rings. The molecule has 1 saturated heterocycles. The Morgan fingerprint density at radius 3 is 2.34 bits per heavy atom. The fraction of sp³-hybridized carbons (Fsp3) is 0.172. The van der Waals surface area contributed by atoms with Crippen molar-refractivity contribution in [3.05, 3.63) is 106 Å². The van der Waals surface area contributed by atoms with Crippen molar-refractivity contribution in [2.45, 2.75) is 6.54 Å². The highest BCUT2D eigenvalue weighted by Crippen LogP contribution is 2.35. The number of halogens is 2. The van der Waals surface area contributed by atoms with Crippen LogP contribution in [0.15, 0.2) is 79.1 Å². The molecule has 0 spiro atoms. The summed E-state index contributed by atoms with van der Waals surface area (Å²) in [4.78, 5) is 22.7. The first-order valence-corrected chi connectivity index (χ1v) is 13.0. The summed E-state index contributed by atoms with van der Waals surface area (Å²) in [5.41, 5.74) is 4.92. The first-order chi connectivity index (χ1) is 18.6. The zero-order chi connectivity index (χ0) is 26.1. The van der Waals surface area contributed by atoms with Crippen molar-refractivity contribution in [1.29, 1.82) is 0 Å². The van der Waals surface area contributed by atoms with Crippen LogP contribution in [0.4, 0.5) is 11.5 Å². The highest BCUT2D eigenvalue weighted by atomic mass is 35.5. The van der Waals surface area contributed by atoms with E-state index in [0.717, 1.165) is 60.9 Å². The Kier molecular flexibility index (Phi) is 6.69. The lowest BCUT2D eigenvalue weighted by molar-refractivity contribution is 0.250. The smallest absolute Gasteiger partial charge is 0.191 e. The van der Waals surface area contributed by atoms with Gasteiger partial charge in [0.15, 0.2) is 22.7 Å². The molecule has 0 unspecified atom stereocenters. The van der Waals surface area contributed by atoms with Gasteiger partial charge in [-0.2, -0.15) is 0 Å². The molecule has 0 aliphatic carbocycles. The van der Waals surface area contributed by atoms with E-state index in [1.165, 1.54) is 0 Å². The van der Waals surface area contributed by atoms with Crippen LogP contribution in [0.5, 0.6) is 0 Å². The van der Waals surface area contributed by atoms with Crippen molar-refractivity contribution in [3.63, 3.8) is 0 Å². The molecule has 9 heteroatoms. The van der Waals surface area contributed by atoms with Gasteiger partial charge in [0.25, 0.3) is 0 Å². The van der Waals surface area contributed by atoms with E-state index >= 15 is 0 Å². The van der Waals surface area contributed by atoms with Gasteiger partial charge in [-0.3, -0.25) is 9.47 Å². The second-order valence-corrected chi connectivity index (χ2v) is 9.94. The highest BCUT2D eigenvalue weighted by Gasteiger charge is 2.25. The minimum absolute atomic E-state index is 0.612. The SMILES string of the molecule is [C-]#[N+]c1ccccc1CN1CCN(c2ncnc3c2nc(-c2ccccc2Cl)n3-c2ccc(Cl)cc2)CC1. The summed E-state index contributed by atoms with van der Waals surface area (Å²) in [6, 6.07) is 23.1. The lowest BCUT2D eigenvalue weighted by Crippen LogP contribution is -2.46. The molecule has 0 radical (unpaired) electrons. The van der Waals surface area contributed by atoms with Crippen molar-refractivity contribution in [3.8, 4) is 17.1 Å². The number of rotatable bonds is 5. The number of nitrogens with zero attached hydrogens (tertiary/aromatic N) is 7. The van der Waals surface area contributed by atoms with Crippen molar-refractivity contribution in [1.82, 2.24) is 24.4 Å². The zero-order valence-corrected chi connectivity index (χ0v) is 21.9. The third-order valence-corrected chi connectivity index (χ3v) is 7.38. The molecule has 0 amide bonds. The predicted molar refractivity (Wildman–Crippen MR) is 152 cm³/mol. The maximum absolute atomic E-state index is 7.45. The summed E-state index contributed by atoms with van der Waals surface area (Å²) >= 11 is 12.8. The maximum atomic E-state index is 7.45. The topological polar surface area (TPSA) is 54.4 Å². The summed E-state index contributed by atoms with van der Waals surface area (Å²) in [5.74, 6) is 1.50. The van der Waals surface area contributed by atoms with E-state index in [0.29, 0.717) is 27.2 Å². The van der Waals surface area contributed by atoms with Gasteiger partial charge in [0, 0.05) is 49.0 Å². The van der Waals surface area contributed by atoms with Gasteiger partial charge in [0.05, 0.1) is 11.6 Å². The number of aromatic nitrogens is 4. The Morgan fingerprint density at radius 2 is 1.58 bits per heavy atom. The van der Waals surface area contributed by atoms with Crippen LogP contribution in [0.2, 0.25) is 10.0 Å². The zero-order valence-electron chi connectivity index (χ0n) is 20.4. The molecule has 0 atom stereocenters. The summed E-state index contributed by atoms with van der Waals surface area (Å²) in [7, 11) is 0. The van der Waals surface area contributed by atoms with Crippen LogP contribution in [0.25, 0.3) is 33.1 Å². The van der Waals surface area contributed by atoms with Crippen LogP contribution in [-0.4, -0.2) is 50.6 Å². The molecule has 0 N–H and O–H groups in total. The fourth-order valence-corrected chi connectivity index (χ4v) is 5.23. The normalized spacial score (nSPS) is 14.1. The van der Waals surface area contributed by atoms with Gasteiger partial charge >= 0.3 is 0 Å². The number of hydrogen-bond acceptors (Lipinski definition) is 5. The third-order valence-electron chi connectivity index (χ3n) is 6.80. The molecule has 1 aliphatic heterocycles. The number of hydrogen-bond donors (Lipinski definition) is 0. The van der Waals surface area contributed by atoms with Crippen LogP contribution in [-0.2, 0) is 6.54 Å². The molecule has 1 aliphatic rings. The molecule has 7 nitrogen and oxygen atoms in total. The van der Waals surface area contributed by atoms with Crippen LogP contribution < -0.4 is 4.90 Å². The largest absolute Gasteiger partial charge is 0.352 e. The fourth-order valence-electron chi connectivity index (χ4n) is 4.88. The molecule has 38 heavy (non-hydrogen) atoms. The number of para-hydroxylation sites is 1. The molecule has 188 valence electrons. The van der Waals surface area contributed by atoms with Gasteiger partial charge in [0.1, 0.15) is 12.2 Å². The summed E-state index contributed by atoms with van der Waals surface area (Å²) in [6.07, 6.45) is 1.60. The first kappa shape index (κ1) is 24.4. The summed E-state index contributed by atoms with van der Waals surface area (Å²) in [6.45, 7) is 11.5. The van der Waals surface area contributed by atoms with Crippen LogP contribution >= 0.6 is 23.2 Å². The van der Waals surface area contributed by atoms with Gasteiger partial charge in [-0.25, -0.2) is 19.8 Å². The monoisotopic (exact) mass is 539 g/mol. The Morgan fingerprint density at radius 1 is 0.842 bits per heavy atom. The second-order valence-electron chi connectivity index (χ2n) is 9.10. The molecular formula is C29H23Cl2N7. The van der Waals surface area contributed by atoms with Gasteiger partial charge in [-0.1, -0.05) is 59.6 Å². The Labute approximate surface area is 230 Å². The third kappa shape index (κ3) is 4.59. The van der Waals surface area contributed by atoms with Crippen molar-refractivity contribution in [2.75, 3.05) is 31.1 Å².